The van der Waals surface area contributed by atoms with Crippen molar-refractivity contribution in [2.24, 2.45) is 11.3 Å². The molecule has 0 N–H and O–H groups in total. The molecule has 58 valence electrons. The summed E-state index contributed by atoms with van der Waals surface area (Å²) in [4.78, 5) is 0. The fourth-order valence-electron chi connectivity index (χ4n) is 2.81. The molecule has 0 radical (unpaired) electrons. The molecule has 2 fully saturated rings. The summed E-state index contributed by atoms with van der Waals surface area (Å²) in [6.45, 7) is 2.31. The Bertz CT molecular complexity index is 128. The van der Waals surface area contributed by atoms with Crippen molar-refractivity contribution in [1.82, 2.24) is 0 Å². The van der Waals surface area contributed by atoms with E-state index >= 15 is 0 Å². The predicted octanol–water partition coefficient (Wildman–Crippen LogP) is 3.37. The maximum absolute atomic E-state index is 2.31. The first kappa shape index (κ1) is 6.69. The Balaban J connectivity index is 1.82. The van der Waals surface area contributed by atoms with Gasteiger partial charge in [-0.15, -0.1) is 0 Å². The van der Waals surface area contributed by atoms with Gasteiger partial charge >= 0.3 is 0 Å². The summed E-state index contributed by atoms with van der Waals surface area (Å²) in [5.74, 6) is 1.18. The average molecular weight is 138 g/mol. The van der Waals surface area contributed by atoms with Crippen LogP contribution in [0.4, 0.5) is 0 Å². The molecule has 0 heterocycles. The summed E-state index contributed by atoms with van der Waals surface area (Å²) in [6.07, 6.45) is 10.7. The van der Waals surface area contributed by atoms with Crippen molar-refractivity contribution < 1.29 is 0 Å². The van der Waals surface area contributed by atoms with Crippen molar-refractivity contribution in [1.29, 1.82) is 0 Å². The maximum Gasteiger partial charge on any atom is -0.0266 e. The van der Waals surface area contributed by atoms with Gasteiger partial charge in [0, 0.05) is 0 Å². The fourth-order valence-corrected chi connectivity index (χ4v) is 2.81. The van der Waals surface area contributed by atoms with Crippen LogP contribution >= 0.6 is 0 Å². The second-order valence-electron chi connectivity index (χ2n) is 4.26. The molecule has 2 rings (SSSR count). The predicted molar refractivity (Wildman–Crippen MR) is 43.9 cm³/mol. The highest BCUT2D eigenvalue weighted by molar-refractivity contribution is 5.05. The van der Waals surface area contributed by atoms with E-state index in [-0.39, 0.29) is 0 Å². The second-order valence-corrected chi connectivity index (χ2v) is 4.26. The van der Waals surface area contributed by atoms with Crippen LogP contribution in [0.3, 0.4) is 0 Å². The quantitative estimate of drug-likeness (QED) is 0.561. The van der Waals surface area contributed by atoms with E-state index in [9.17, 15) is 0 Å². The molecule has 0 bridgehead atoms. The van der Waals surface area contributed by atoms with Gasteiger partial charge in [0.1, 0.15) is 0 Å². The Morgan fingerprint density at radius 1 is 1.50 bits per heavy atom. The molecule has 0 aromatic rings. The van der Waals surface area contributed by atoms with Gasteiger partial charge < -0.3 is 0 Å². The first-order valence-corrected chi connectivity index (χ1v) is 4.87. The molecule has 0 amide bonds. The number of hydrogen-bond acceptors (Lipinski definition) is 0. The Labute approximate surface area is 64.0 Å². The molecule has 0 nitrogen and oxygen atoms in total. The van der Waals surface area contributed by atoms with Gasteiger partial charge in [0.05, 0.1) is 0 Å². The standard InChI is InChI=1S/C10H18/c1-2-3-6-10-7-4-5-9(10)8-10/h9H,2-8H2,1H3. The normalized spacial score (nSPS) is 43.5. The maximum atomic E-state index is 2.31. The molecule has 2 aliphatic carbocycles. The van der Waals surface area contributed by atoms with Gasteiger partial charge in [-0.1, -0.05) is 26.2 Å². The first-order chi connectivity index (χ1) is 4.87. The fraction of sp³-hybridized carbons (Fsp3) is 1.00. The highest BCUT2D eigenvalue weighted by Crippen LogP contribution is 2.66. The summed E-state index contributed by atoms with van der Waals surface area (Å²) < 4.78 is 0. The van der Waals surface area contributed by atoms with E-state index in [1.54, 1.807) is 25.7 Å². The van der Waals surface area contributed by atoms with Gasteiger partial charge in [-0.05, 0) is 37.0 Å². The monoisotopic (exact) mass is 138 g/mol. The van der Waals surface area contributed by atoms with Crippen molar-refractivity contribution in [2.75, 3.05) is 0 Å². The Morgan fingerprint density at radius 3 is 2.90 bits per heavy atom. The van der Waals surface area contributed by atoms with Gasteiger partial charge in [0.2, 0.25) is 0 Å². The molecule has 2 saturated carbocycles. The van der Waals surface area contributed by atoms with Crippen LogP contribution in [-0.4, -0.2) is 0 Å². The lowest BCUT2D eigenvalue weighted by molar-refractivity contribution is 0.427. The van der Waals surface area contributed by atoms with Crippen molar-refractivity contribution >= 4 is 0 Å². The van der Waals surface area contributed by atoms with Crippen molar-refractivity contribution in [3.63, 3.8) is 0 Å². The lowest BCUT2D eigenvalue weighted by Crippen LogP contribution is -1.97. The molecule has 0 saturated heterocycles. The zero-order valence-electron chi connectivity index (χ0n) is 7.03. The van der Waals surface area contributed by atoms with Gasteiger partial charge in [-0.3, -0.25) is 0 Å². The third kappa shape index (κ3) is 0.889. The Hall–Kier alpha value is 0. The van der Waals surface area contributed by atoms with E-state index in [4.69, 9.17) is 0 Å². The molecule has 2 unspecified atom stereocenters. The summed E-state index contributed by atoms with van der Waals surface area (Å²) in [7, 11) is 0. The van der Waals surface area contributed by atoms with Crippen molar-refractivity contribution in [2.45, 2.75) is 51.9 Å². The highest BCUT2D eigenvalue weighted by Gasteiger charge is 2.55. The van der Waals surface area contributed by atoms with Crippen molar-refractivity contribution in [3.05, 3.63) is 0 Å². The van der Waals surface area contributed by atoms with Crippen LogP contribution in [0.5, 0.6) is 0 Å². The molecule has 0 spiro atoms. The molecular formula is C10H18. The SMILES string of the molecule is CCCCC12CCCC1C2. The van der Waals surface area contributed by atoms with E-state index in [2.05, 4.69) is 6.92 Å². The minimum atomic E-state index is 0.913. The minimum Gasteiger partial charge on any atom is -0.0654 e. The molecular weight excluding hydrogens is 120 g/mol. The number of unbranched alkanes of at least 4 members (excludes halogenated alkanes) is 1. The lowest BCUT2D eigenvalue weighted by atomic mass is 9.97. The van der Waals surface area contributed by atoms with Gasteiger partial charge in [-0.25, -0.2) is 0 Å². The minimum absolute atomic E-state index is 0.913. The van der Waals surface area contributed by atoms with Crippen molar-refractivity contribution in [3.8, 4) is 0 Å². The van der Waals surface area contributed by atoms with E-state index in [0.29, 0.717) is 0 Å². The topological polar surface area (TPSA) is 0 Å². The van der Waals surface area contributed by atoms with Gasteiger partial charge in [-0.2, -0.15) is 0 Å². The molecule has 0 heteroatoms. The van der Waals surface area contributed by atoms with E-state index < -0.39 is 0 Å². The molecule has 2 atom stereocenters. The van der Waals surface area contributed by atoms with E-state index in [1.807, 2.05) is 0 Å². The van der Waals surface area contributed by atoms with Gasteiger partial charge in [0.25, 0.3) is 0 Å². The number of rotatable bonds is 3. The highest BCUT2D eigenvalue weighted by atomic mass is 14.6. The molecule has 10 heavy (non-hydrogen) atoms. The third-order valence-corrected chi connectivity index (χ3v) is 3.61. The Morgan fingerprint density at radius 2 is 2.40 bits per heavy atom. The van der Waals surface area contributed by atoms with E-state index in [0.717, 1.165) is 5.41 Å². The first-order valence-electron chi connectivity index (χ1n) is 4.87. The van der Waals surface area contributed by atoms with Gasteiger partial charge in [0.15, 0.2) is 0 Å². The summed E-state index contributed by atoms with van der Waals surface area (Å²) >= 11 is 0. The molecule has 2 aliphatic rings. The van der Waals surface area contributed by atoms with E-state index in [1.165, 1.54) is 25.2 Å². The summed E-state index contributed by atoms with van der Waals surface area (Å²) in [6, 6.07) is 0. The van der Waals surface area contributed by atoms with Crippen LogP contribution in [0.2, 0.25) is 0 Å². The molecule has 0 aliphatic heterocycles. The zero-order valence-corrected chi connectivity index (χ0v) is 7.03. The van der Waals surface area contributed by atoms with Crippen LogP contribution in [0.1, 0.15) is 51.9 Å². The molecule has 0 aromatic carbocycles. The second kappa shape index (κ2) is 2.25. The average Bonchev–Trinajstić information content (AvgIpc) is 2.51. The van der Waals surface area contributed by atoms with Crippen LogP contribution in [0, 0.1) is 11.3 Å². The summed E-state index contributed by atoms with van der Waals surface area (Å²) in [5, 5.41) is 0. The third-order valence-electron chi connectivity index (χ3n) is 3.61. The molecule has 0 aromatic heterocycles. The Kier molecular flexibility index (Phi) is 1.51. The zero-order chi connectivity index (χ0) is 7.03. The van der Waals surface area contributed by atoms with Crippen LogP contribution in [-0.2, 0) is 0 Å². The van der Waals surface area contributed by atoms with Crippen LogP contribution in [0.15, 0.2) is 0 Å². The lowest BCUT2D eigenvalue weighted by Gasteiger charge is -2.09. The van der Waals surface area contributed by atoms with Crippen LogP contribution in [0.25, 0.3) is 0 Å². The van der Waals surface area contributed by atoms with Crippen LogP contribution < -0.4 is 0 Å². The number of fused-ring (bicyclic) bond motifs is 1. The summed E-state index contributed by atoms with van der Waals surface area (Å²) in [5.41, 5.74) is 0.913. The number of hydrogen-bond donors (Lipinski definition) is 0. The largest absolute Gasteiger partial charge is 0.0654 e. The smallest absolute Gasteiger partial charge is 0.0266 e.